The summed E-state index contributed by atoms with van der Waals surface area (Å²) in [7, 11) is 0. The number of pyridine rings is 1. The van der Waals surface area contributed by atoms with E-state index in [2.05, 4.69) is 16.2 Å². The van der Waals surface area contributed by atoms with Crippen molar-refractivity contribution in [2.75, 3.05) is 0 Å². The second-order valence-corrected chi connectivity index (χ2v) is 5.19. The second kappa shape index (κ2) is 4.70. The predicted molar refractivity (Wildman–Crippen MR) is 74.5 cm³/mol. The monoisotopic (exact) mass is 282 g/mol. The Labute approximate surface area is 121 Å². The van der Waals surface area contributed by atoms with Gasteiger partial charge in [0.1, 0.15) is 11.6 Å². The highest BCUT2D eigenvalue weighted by Gasteiger charge is 2.23. The summed E-state index contributed by atoms with van der Waals surface area (Å²) in [6, 6.07) is 3.99. The van der Waals surface area contributed by atoms with E-state index in [4.69, 9.17) is 0 Å². The van der Waals surface area contributed by atoms with Crippen LogP contribution in [0.4, 0.5) is 0 Å². The molecule has 0 atom stereocenters. The van der Waals surface area contributed by atoms with Gasteiger partial charge in [0.25, 0.3) is 0 Å². The van der Waals surface area contributed by atoms with Crippen molar-refractivity contribution in [2.45, 2.75) is 33.1 Å². The van der Waals surface area contributed by atoms with E-state index in [1.165, 1.54) is 4.68 Å². The van der Waals surface area contributed by atoms with E-state index in [1.807, 2.05) is 6.07 Å². The van der Waals surface area contributed by atoms with Gasteiger partial charge in [0.2, 0.25) is 0 Å². The number of rotatable bonds is 2. The fraction of sp³-hybridized carbons (Fsp3) is 0.333. The standard InChI is InChI=1S/C15H14N4O2/c1-8-13(15(20)21)9(2)19(18-8)14-11(7-16)6-10-4-3-5-12(10)17-14/h6H,3-5H2,1-2H3,(H,20,21). The van der Waals surface area contributed by atoms with Crippen molar-refractivity contribution in [1.82, 2.24) is 14.8 Å². The smallest absolute Gasteiger partial charge is 0.339 e. The lowest BCUT2D eigenvalue weighted by molar-refractivity contribution is 0.0695. The first-order chi connectivity index (χ1) is 10.0. The molecule has 0 bridgehead atoms. The van der Waals surface area contributed by atoms with Crippen molar-refractivity contribution in [3.8, 4) is 11.9 Å². The number of hydrogen-bond donors (Lipinski definition) is 1. The van der Waals surface area contributed by atoms with Crippen molar-refractivity contribution in [2.24, 2.45) is 0 Å². The molecule has 21 heavy (non-hydrogen) atoms. The lowest BCUT2D eigenvalue weighted by atomic mass is 10.1. The molecule has 3 rings (SSSR count). The maximum atomic E-state index is 11.3. The molecule has 0 saturated carbocycles. The van der Waals surface area contributed by atoms with Crippen LogP contribution in [0.1, 0.15) is 45.0 Å². The molecule has 0 unspecified atom stereocenters. The zero-order valence-corrected chi connectivity index (χ0v) is 11.8. The molecule has 0 aliphatic heterocycles. The third kappa shape index (κ3) is 1.98. The van der Waals surface area contributed by atoms with Crippen LogP contribution in [0.2, 0.25) is 0 Å². The molecule has 0 aromatic carbocycles. The highest BCUT2D eigenvalue weighted by atomic mass is 16.4. The molecule has 6 heteroatoms. The molecule has 106 valence electrons. The third-order valence-electron chi connectivity index (χ3n) is 3.86. The average molecular weight is 282 g/mol. The van der Waals surface area contributed by atoms with Crippen molar-refractivity contribution in [3.63, 3.8) is 0 Å². The summed E-state index contributed by atoms with van der Waals surface area (Å²) < 4.78 is 1.47. The molecule has 0 amide bonds. The van der Waals surface area contributed by atoms with Gasteiger partial charge in [0, 0.05) is 5.69 Å². The van der Waals surface area contributed by atoms with Gasteiger partial charge in [-0.15, -0.1) is 0 Å². The molecule has 1 N–H and O–H groups in total. The van der Waals surface area contributed by atoms with E-state index in [0.717, 1.165) is 30.5 Å². The number of carbonyl (C=O) groups is 1. The molecular formula is C15H14N4O2. The molecule has 2 aromatic heterocycles. The predicted octanol–water partition coefficient (Wildman–Crippen LogP) is 1.94. The first kappa shape index (κ1) is 13.3. The van der Waals surface area contributed by atoms with Gasteiger partial charge in [-0.2, -0.15) is 10.4 Å². The Balaban J connectivity index is 2.24. The third-order valence-corrected chi connectivity index (χ3v) is 3.86. The van der Waals surface area contributed by atoms with Crippen molar-refractivity contribution >= 4 is 5.97 Å². The Kier molecular flexibility index (Phi) is 2.98. The molecule has 6 nitrogen and oxygen atoms in total. The minimum absolute atomic E-state index is 0.168. The van der Waals surface area contributed by atoms with Gasteiger partial charge in [0.15, 0.2) is 5.82 Å². The molecule has 1 aliphatic carbocycles. The van der Waals surface area contributed by atoms with Crippen LogP contribution in [-0.4, -0.2) is 25.8 Å². The number of hydrogen-bond acceptors (Lipinski definition) is 4. The Bertz CT molecular complexity index is 799. The topological polar surface area (TPSA) is 91.8 Å². The maximum Gasteiger partial charge on any atom is 0.339 e. The summed E-state index contributed by atoms with van der Waals surface area (Å²) in [6.45, 7) is 3.33. The van der Waals surface area contributed by atoms with Gasteiger partial charge in [-0.05, 0) is 44.7 Å². The molecule has 2 aromatic rings. The maximum absolute atomic E-state index is 11.3. The van der Waals surface area contributed by atoms with Crippen LogP contribution < -0.4 is 0 Å². The second-order valence-electron chi connectivity index (χ2n) is 5.19. The van der Waals surface area contributed by atoms with Gasteiger partial charge < -0.3 is 5.11 Å². The zero-order chi connectivity index (χ0) is 15.1. The molecular weight excluding hydrogens is 268 g/mol. The molecule has 0 saturated heterocycles. The molecule has 0 spiro atoms. The minimum atomic E-state index is -1.02. The molecule has 2 heterocycles. The lowest BCUT2D eigenvalue weighted by Crippen LogP contribution is -2.08. The van der Waals surface area contributed by atoms with Gasteiger partial charge >= 0.3 is 5.97 Å². The Hall–Kier alpha value is -2.68. The van der Waals surface area contributed by atoms with Crippen molar-refractivity contribution < 1.29 is 9.90 Å². The number of aryl methyl sites for hydroxylation is 3. The highest BCUT2D eigenvalue weighted by molar-refractivity contribution is 5.90. The summed E-state index contributed by atoms with van der Waals surface area (Å²) in [5.74, 6) is -0.595. The largest absolute Gasteiger partial charge is 0.478 e. The number of nitrogens with zero attached hydrogens (tertiary/aromatic N) is 4. The van der Waals surface area contributed by atoms with E-state index in [9.17, 15) is 15.2 Å². The van der Waals surface area contributed by atoms with Gasteiger partial charge in [0.05, 0.1) is 17.0 Å². The van der Waals surface area contributed by atoms with Crippen LogP contribution in [0.25, 0.3) is 5.82 Å². The summed E-state index contributed by atoms with van der Waals surface area (Å²) in [5.41, 5.74) is 3.59. The number of aromatic carboxylic acids is 1. The summed E-state index contributed by atoms with van der Waals surface area (Å²) in [5, 5.41) is 22.8. The Morgan fingerprint density at radius 1 is 1.43 bits per heavy atom. The summed E-state index contributed by atoms with van der Waals surface area (Å²) in [4.78, 5) is 15.8. The SMILES string of the molecule is Cc1nn(-c2nc3c(cc2C#N)CCC3)c(C)c1C(=O)O. The van der Waals surface area contributed by atoms with Crippen LogP contribution in [0.15, 0.2) is 6.07 Å². The van der Waals surface area contributed by atoms with Crippen molar-refractivity contribution in [3.05, 3.63) is 39.8 Å². The van der Waals surface area contributed by atoms with E-state index in [-0.39, 0.29) is 5.56 Å². The molecule has 0 fully saturated rings. The number of nitriles is 1. The average Bonchev–Trinajstić information content (AvgIpc) is 3.00. The number of fused-ring (bicyclic) bond motifs is 1. The van der Waals surface area contributed by atoms with Gasteiger partial charge in [-0.3, -0.25) is 0 Å². The molecule has 1 aliphatic rings. The summed E-state index contributed by atoms with van der Waals surface area (Å²) >= 11 is 0. The van der Waals surface area contributed by atoms with Crippen molar-refractivity contribution in [1.29, 1.82) is 5.26 Å². The minimum Gasteiger partial charge on any atom is -0.478 e. The fourth-order valence-electron chi connectivity index (χ4n) is 2.86. The van der Waals surface area contributed by atoms with Crippen LogP contribution in [0.5, 0.6) is 0 Å². The first-order valence-electron chi connectivity index (χ1n) is 6.75. The Morgan fingerprint density at radius 2 is 2.19 bits per heavy atom. The van der Waals surface area contributed by atoms with Crippen LogP contribution >= 0.6 is 0 Å². The summed E-state index contributed by atoms with van der Waals surface area (Å²) in [6.07, 6.45) is 2.86. The molecule has 0 radical (unpaired) electrons. The van der Waals surface area contributed by atoms with Crippen LogP contribution in [0, 0.1) is 25.2 Å². The van der Waals surface area contributed by atoms with Crippen LogP contribution in [0.3, 0.4) is 0 Å². The van der Waals surface area contributed by atoms with Crippen LogP contribution in [-0.2, 0) is 12.8 Å². The number of aromatic nitrogens is 3. The number of carboxylic acids is 1. The van der Waals surface area contributed by atoms with Gasteiger partial charge in [-0.25, -0.2) is 14.5 Å². The number of carboxylic acid groups (broad SMARTS) is 1. The van der Waals surface area contributed by atoms with E-state index >= 15 is 0 Å². The highest BCUT2D eigenvalue weighted by Crippen LogP contribution is 2.26. The fourth-order valence-corrected chi connectivity index (χ4v) is 2.86. The van der Waals surface area contributed by atoms with Gasteiger partial charge in [-0.1, -0.05) is 0 Å². The lowest BCUT2D eigenvalue weighted by Gasteiger charge is -2.08. The quantitative estimate of drug-likeness (QED) is 0.908. The Morgan fingerprint density at radius 3 is 2.81 bits per heavy atom. The first-order valence-corrected chi connectivity index (χ1v) is 6.75. The zero-order valence-electron chi connectivity index (χ0n) is 11.8. The van der Waals surface area contributed by atoms with E-state index < -0.39 is 5.97 Å². The normalized spacial score (nSPS) is 13.0. The van der Waals surface area contributed by atoms with E-state index in [0.29, 0.717) is 22.8 Å². The van der Waals surface area contributed by atoms with E-state index in [1.54, 1.807) is 13.8 Å².